The van der Waals surface area contributed by atoms with Crippen molar-refractivity contribution in [1.29, 1.82) is 0 Å². The Kier molecular flexibility index (Phi) is 7.69. The summed E-state index contributed by atoms with van der Waals surface area (Å²) in [7, 11) is -2.01. The second kappa shape index (κ2) is 8.75. The fourth-order valence-electron chi connectivity index (χ4n) is 1.90. The van der Waals surface area contributed by atoms with Gasteiger partial charge in [0.1, 0.15) is 0 Å². The van der Waals surface area contributed by atoms with Gasteiger partial charge in [-0.05, 0) is 36.2 Å². The molecule has 0 fully saturated rings. The van der Waals surface area contributed by atoms with E-state index >= 15 is 0 Å². The van der Waals surface area contributed by atoms with Crippen LogP contribution in [-0.2, 0) is 15.5 Å². The van der Waals surface area contributed by atoms with E-state index in [9.17, 15) is 0 Å². The summed E-state index contributed by atoms with van der Waals surface area (Å²) in [4.78, 5) is 0. The van der Waals surface area contributed by atoms with Crippen molar-refractivity contribution >= 4 is 20.2 Å². The molecular weight excluding hydrogens is 276 g/mol. The Morgan fingerprint density at radius 2 is 1.63 bits per heavy atom. The van der Waals surface area contributed by atoms with Crippen LogP contribution in [0.2, 0.25) is 17.1 Å². The fourth-order valence-corrected chi connectivity index (χ4v) is 4.37. The molecule has 0 saturated carbocycles. The monoisotopic (exact) mass is 300 g/mol. The maximum atomic E-state index is 6.17. The third kappa shape index (κ3) is 5.65. The molecule has 0 amide bonds. The van der Waals surface area contributed by atoms with E-state index in [0.29, 0.717) is 6.61 Å². The fraction of sp³-hybridized carbons (Fsp3) is 0.600. The molecule has 1 aromatic rings. The molecule has 0 aliphatic carbocycles. The van der Waals surface area contributed by atoms with E-state index in [-0.39, 0.29) is 0 Å². The van der Waals surface area contributed by atoms with Gasteiger partial charge < -0.3 is 8.85 Å². The number of hydrogen-bond acceptors (Lipinski definition) is 2. The molecule has 0 bridgehead atoms. The zero-order chi connectivity index (χ0) is 14.1. The smallest absolute Gasteiger partial charge is 0.337 e. The predicted molar refractivity (Wildman–Crippen MR) is 83.8 cm³/mol. The molecule has 0 aliphatic rings. The van der Waals surface area contributed by atoms with Gasteiger partial charge in [-0.2, -0.15) is 0 Å². The maximum Gasteiger partial charge on any atom is 0.337 e. The summed E-state index contributed by atoms with van der Waals surface area (Å²) in [6, 6.07) is 9.83. The minimum Gasteiger partial charge on any atom is -0.394 e. The van der Waals surface area contributed by atoms with Crippen LogP contribution in [0.5, 0.6) is 0 Å². The van der Waals surface area contributed by atoms with E-state index in [4.69, 9.17) is 20.5 Å². The second-order valence-electron chi connectivity index (χ2n) is 4.73. The number of hydrogen-bond donors (Lipinski definition) is 0. The van der Waals surface area contributed by atoms with E-state index in [0.717, 1.165) is 42.1 Å². The van der Waals surface area contributed by atoms with Crippen molar-refractivity contribution < 1.29 is 8.85 Å². The minimum atomic E-state index is -2.01. The third-order valence-corrected chi connectivity index (χ3v) is 7.16. The first-order valence-corrected chi connectivity index (χ1v) is 9.79. The molecule has 2 nitrogen and oxygen atoms in total. The first-order valence-electron chi connectivity index (χ1n) is 7.18. The van der Waals surface area contributed by atoms with E-state index in [2.05, 4.69) is 20.8 Å². The van der Waals surface area contributed by atoms with Gasteiger partial charge in [-0.1, -0.05) is 50.9 Å². The average molecular weight is 301 g/mol. The standard InChI is InChI=1S/C15H25ClO2Si/c1-4-7-12-17-19(5-2,6-3)18-13-14-8-10-15(16)11-9-14/h8-11H,4-7,12-13H2,1-3H3. The van der Waals surface area contributed by atoms with Gasteiger partial charge in [0, 0.05) is 11.6 Å². The zero-order valence-corrected chi connectivity index (χ0v) is 14.0. The number of rotatable bonds is 9. The molecule has 1 aromatic carbocycles. The van der Waals surface area contributed by atoms with Gasteiger partial charge in [-0.25, -0.2) is 0 Å². The van der Waals surface area contributed by atoms with E-state index in [1.807, 2.05) is 24.3 Å². The van der Waals surface area contributed by atoms with Crippen molar-refractivity contribution in [2.75, 3.05) is 6.61 Å². The van der Waals surface area contributed by atoms with Gasteiger partial charge in [0.2, 0.25) is 0 Å². The quantitative estimate of drug-likeness (QED) is 0.463. The summed E-state index contributed by atoms with van der Waals surface area (Å²) in [5, 5.41) is 0.762. The Morgan fingerprint density at radius 1 is 1.00 bits per heavy atom. The van der Waals surface area contributed by atoms with Crippen LogP contribution < -0.4 is 0 Å². The Bertz CT molecular complexity index is 350. The molecule has 0 N–H and O–H groups in total. The normalized spacial score (nSPS) is 11.8. The van der Waals surface area contributed by atoms with E-state index in [1.165, 1.54) is 0 Å². The van der Waals surface area contributed by atoms with Gasteiger partial charge in [-0.15, -0.1) is 0 Å². The molecule has 4 heteroatoms. The van der Waals surface area contributed by atoms with Crippen LogP contribution >= 0.6 is 11.6 Å². The Labute approximate surface area is 123 Å². The summed E-state index contributed by atoms with van der Waals surface area (Å²) in [5.74, 6) is 0. The highest BCUT2D eigenvalue weighted by Gasteiger charge is 2.33. The molecule has 0 atom stereocenters. The molecule has 19 heavy (non-hydrogen) atoms. The molecule has 1 rings (SSSR count). The van der Waals surface area contributed by atoms with Gasteiger partial charge in [0.25, 0.3) is 0 Å². The summed E-state index contributed by atoms with van der Waals surface area (Å²) >= 11 is 5.88. The third-order valence-electron chi connectivity index (χ3n) is 3.36. The zero-order valence-electron chi connectivity index (χ0n) is 12.2. The molecule has 0 spiro atoms. The predicted octanol–water partition coefficient (Wildman–Crippen LogP) is 5.16. The minimum absolute atomic E-state index is 0.622. The van der Waals surface area contributed by atoms with Crippen molar-refractivity contribution in [2.24, 2.45) is 0 Å². The molecule has 0 aliphatic heterocycles. The van der Waals surface area contributed by atoms with E-state index in [1.54, 1.807) is 0 Å². The van der Waals surface area contributed by atoms with E-state index < -0.39 is 8.56 Å². The Balaban J connectivity index is 2.54. The highest BCUT2D eigenvalue weighted by Crippen LogP contribution is 2.21. The highest BCUT2D eigenvalue weighted by molar-refractivity contribution is 6.67. The highest BCUT2D eigenvalue weighted by atomic mass is 35.5. The molecule has 0 saturated heterocycles. The van der Waals surface area contributed by atoms with Crippen molar-refractivity contribution in [3.8, 4) is 0 Å². The lowest BCUT2D eigenvalue weighted by atomic mass is 10.2. The summed E-state index contributed by atoms with van der Waals surface area (Å²) in [6.07, 6.45) is 2.27. The molecule has 0 aromatic heterocycles. The molecule has 0 unspecified atom stereocenters. The van der Waals surface area contributed by atoms with Crippen LogP contribution in [0.3, 0.4) is 0 Å². The average Bonchev–Trinajstić information content (AvgIpc) is 2.45. The maximum absolute atomic E-state index is 6.17. The Hall–Kier alpha value is -0.353. The number of unbranched alkanes of at least 4 members (excludes halogenated alkanes) is 1. The van der Waals surface area contributed by atoms with Gasteiger partial charge >= 0.3 is 8.56 Å². The van der Waals surface area contributed by atoms with Crippen LogP contribution in [0.4, 0.5) is 0 Å². The SMILES string of the molecule is CCCCO[Si](CC)(CC)OCc1ccc(Cl)cc1. The molecular formula is C15H25ClO2Si. The lowest BCUT2D eigenvalue weighted by molar-refractivity contribution is 0.159. The Morgan fingerprint density at radius 3 is 2.16 bits per heavy atom. The summed E-state index contributed by atoms with van der Waals surface area (Å²) in [6.45, 7) is 7.97. The summed E-state index contributed by atoms with van der Waals surface area (Å²) in [5.41, 5.74) is 1.15. The van der Waals surface area contributed by atoms with Crippen LogP contribution in [0.15, 0.2) is 24.3 Å². The van der Waals surface area contributed by atoms with Crippen LogP contribution in [0.1, 0.15) is 39.2 Å². The number of halogens is 1. The van der Waals surface area contributed by atoms with Gasteiger partial charge in [0.15, 0.2) is 0 Å². The topological polar surface area (TPSA) is 18.5 Å². The van der Waals surface area contributed by atoms with Gasteiger partial charge in [-0.3, -0.25) is 0 Å². The number of benzene rings is 1. The lowest BCUT2D eigenvalue weighted by Gasteiger charge is -2.28. The molecule has 0 heterocycles. The molecule has 108 valence electrons. The lowest BCUT2D eigenvalue weighted by Crippen LogP contribution is -2.40. The first-order chi connectivity index (χ1) is 9.15. The van der Waals surface area contributed by atoms with Crippen molar-refractivity contribution in [2.45, 2.75) is 52.3 Å². The first kappa shape index (κ1) is 16.7. The van der Waals surface area contributed by atoms with Crippen molar-refractivity contribution in [3.05, 3.63) is 34.9 Å². The largest absolute Gasteiger partial charge is 0.394 e. The van der Waals surface area contributed by atoms with Crippen molar-refractivity contribution in [1.82, 2.24) is 0 Å². The summed E-state index contributed by atoms with van der Waals surface area (Å²) < 4.78 is 12.3. The van der Waals surface area contributed by atoms with Crippen molar-refractivity contribution in [3.63, 3.8) is 0 Å². The van der Waals surface area contributed by atoms with Crippen LogP contribution in [0, 0.1) is 0 Å². The van der Waals surface area contributed by atoms with Crippen LogP contribution in [0.25, 0.3) is 0 Å². The van der Waals surface area contributed by atoms with Gasteiger partial charge in [0.05, 0.1) is 6.61 Å². The second-order valence-corrected chi connectivity index (χ2v) is 8.98. The van der Waals surface area contributed by atoms with Crippen LogP contribution in [-0.4, -0.2) is 15.2 Å². The molecule has 0 radical (unpaired) electrons.